The van der Waals surface area contributed by atoms with Crippen LogP contribution < -0.4 is 0 Å². The third-order valence-corrected chi connectivity index (χ3v) is 6.43. The van der Waals surface area contributed by atoms with Crippen molar-refractivity contribution in [3.05, 3.63) is 83.2 Å². The molecule has 0 atom stereocenters. The molecule has 0 unspecified atom stereocenters. The van der Waals surface area contributed by atoms with Gasteiger partial charge < -0.3 is 9.80 Å². The highest BCUT2D eigenvalue weighted by molar-refractivity contribution is 7.83. The summed E-state index contributed by atoms with van der Waals surface area (Å²) in [6.07, 6.45) is 1.86. The Morgan fingerprint density at radius 2 is 1.14 bits per heavy atom. The number of benzene rings is 2. The first kappa shape index (κ1) is 20.2. The Labute approximate surface area is 185 Å². The van der Waals surface area contributed by atoms with Crippen molar-refractivity contribution >= 4 is 34.2 Å². The van der Waals surface area contributed by atoms with Gasteiger partial charge in [-0.3, -0.25) is 0 Å². The van der Waals surface area contributed by atoms with E-state index in [4.69, 9.17) is 24.4 Å². The minimum absolute atomic E-state index is 0.158. The van der Waals surface area contributed by atoms with Gasteiger partial charge in [0.25, 0.3) is 0 Å². The van der Waals surface area contributed by atoms with Gasteiger partial charge in [0, 0.05) is 41.5 Å². The van der Waals surface area contributed by atoms with Crippen LogP contribution in [-0.4, -0.2) is 32.6 Å². The van der Waals surface area contributed by atoms with E-state index in [-0.39, 0.29) is 5.41 Å². The van der Waals surface area contributed by atoms with Gasteiger partial charge in [-0.25, -0.2) is 0 Å². The third-order valence-electron chi connectivity index (χ3n) is 5.73. The summed E-state index contributed by atoms with van der Waals surface area (Å²) in [4.78, 5) is 7.01. The molecule has 4 heteroatoms. The maximum atomic E-state index is 5.93. The van der Waals surface area contributed by atoms with Crippen LogP contribution in [0.3, 0.4) is 0 Å². The second-order valence-electron chi connectivity index (χ2n) is 8.88. The lowest BCUT2D eigenvalue weighted by molar-refractivity contribution is 0.322. The zero-order valence-electron chi connectivity index (χ0n) is 17.2. The second kappa shape index (κ2) is 8.37. The van der Waals surface area contributed by atoms with Crippen LogP contribution in [0.25, 0.3) is 0 Å². The summed E-state index contributed by atoms with van der Waals surface area (Å²) in [5.74, 6) is 1.24. The van der Waals surface area contributed by atoms with E-state index in [9.17, 15) is 0 Å². The van der Waals surface area contributed by atoms with E-state index < -0.39 is 0 Å². The molecular weight excluding hydrogens is 392 g/mol. The van der Waals surface area contributed by atoms with Gasteiger partial charge in [0.2, 0.25) is 0 Å². The number of hydrogen-bond donors (Lipinski definition) is 0. The summed E-state index contributed by atoms with van der Waals surface area (Å²) >= 11 is 11.9. The van der Waals surface area contributed by atoms with Crippen molar-refractivity contribution in [2.24, 2.45) is 5.41 Å². The Hall–Kier alpha value is -2.04. The summed E-state index contributed by atoms with van der Waals surface area (Å²) in [5.41, 5.74) is 3.95. The molecule has 0 N–H and O–H groups in total. The minimum atomic E-state index is 0.158. The molecule has 2 aliphatic rings. The van der Waals surface area contributed by atoms with Crippen LogP contribution in [0.1, 0.15) is 37.8 Å². The molecule has 4 rings (SSSR count). The van der Waals surface area contributed by atoms with E-state index in [0.717, 1.165) is 54.3 Å². The first-order chi connectivity index (χ1) is 13.9. The normalized spacial score (nSPS) is 19.2. The Morgan fingerprint density at radius 3 is 1.55 bits per heavy atom. The topological polar surface area (TPSA) is 6.48 Å². The molecule has 1 saturated carbocycles. The van der Waals surface area contributed by atoms with Crippen LogP contribution >= 0.6 is 24.4 Å². The molecule has 1 aliphatic carbocycles. The van der Waals surface area contributed by atoms with Gasteiger partial charge in [0.05, 0.1) is 0 Å². The summed E-state index contributed by atoms with van der Waals surface area (Å²) in [5, 5.41) is 0. The van der Waals surface area contributed by atoms with Crippen molar-refractivity contribution in [3.63, 3.8) is 0 Å². The molecule has 1 aliphatic heterocycles. The average Bonchev–Trinajstić information content (AvgIpc) is 3.04. The minimum Gasteiger partial charge on any atom is -0.352 e. The lowest BCUT2D eigenvalue weighted by atomic mass is 9.75. The van der Waals surface area contributed by atoms with Crippen molar-refractivity contribution in [2.45, 2.75) is 39.8 Å². The summed E-state index contributed by atoms with van der Waals surface area (Å²) in [6, 6.07) is 21.4. The van der Waals surface area contributed by atoms with E-state index in [1.807, 2.05) is 0 Å². The monoisotopic (exact) mass is 420 g/mol. The zero-order valence-corrected chi connectivity index (χ0v) is 18.9. The fraction of sp³-hybridized carbons (Fsp3) is 0.360. The summed E-state index contributed by atoms with van der Waals surface area (Å²) < 4.78 is 0. The lowest BCUT2D eigenvalue weighted by Gasteiger charge is -2.36. The van der Waals surface area contributed by atoms with Crippen LogP contribution in [0.15, 0.2) is 72.1 Å². The number of rotatable bonds is 4. The van der Waals surface area contributed by atoms with Crippen LogP contribution in [-0.2, 0) is 13.1 Å². The standard InChI is InChI=1S/C25H28N2S2/c1-25(2)15-21(28)23(22(29)16-25)24-26(17-19-9-5-3-6-10-19)13-14-27(24)18-20-11-7-4-8-12-20/h3-12H,13-18H2,1-2H3. The van der Waals surface area contributed by atoms with Gasteiger partial charge in [-0.1, -0.05) is 98.9 Å². The van der Waals surface area contributed by atoms with E-state index in [1.165, 1.54) is 16.9 Å². The molecule has 2 aromatic carbocycles. The molecule has 0 radical (unpaired) electrons. The first-order valence-corrected chi connectivity index (χ1v) is 11.1. The molecule has 29 heavy (non-hydrogen) atoms. The van der Waals surface area contributed by atoms with Crippen LogP contribution in [0, 0.1) is 5.41 Å². The fourth-order valence-corrected chi connectivity index (χ4v) is 5.67. The average molecular weight is 421 g/mol. The maximum absolute atomic E-state index is 5.93. The van der Waals surface area contributed by atoms with E-state index in [2.05, 4.69) is 84.3 Å². The highest BCUT2D eigenvalue weighted by Crippen LogP contribution is 2.39. The molecule has 150 valence electrons. The van der Waals surface area contributed by atoms with Crippen LogP contribution in [0.5, 0.6) is 0 Å². The largest absolute Gasteiger partial charge is 0.352 e. The molecule has 0 amide bonds. The Balaban J connectivity index is 1.71. The van der Waals surface area contributed by atoms with Gasteiger partial charge >= 0.3 is 0 Å². The highest BCUT2D eigenvalue weighted by Gasteiger charge is 2.37. The van der Waals surface area contributed by atoms with E-state index >= 15 is 0 Å². The molecule has 2 aromatic rings. The fourth-order valence-electron chi connectivity index (χ4n) is 4.40. The van der Waals surface area contributed by atoms with Crippen molar-refractivity contribution in [1.82, 2.24) is 9.80 Å². The summed E-state index contributed by atoms with van der Waals surface area (Å²) in [7, 11) is 0. The van der Waals surface area contributed by atoms with Gasteiger partial charge in [0.15, 0.2) is 0 Å². The molecule has 0 aromatic heterocycles. The molecule has 2 nitrogen and oxygen atoms in total. The predicted octanol–water partition coefficient (Wildman–Crippen LogP) is 5.78. The number of thiocarbonyl (C=S) groups is 2. The second-order valence-corrected chi connectivity index (χ2v) is 9.86. The maximum Gasteiger partial charge on any atom is 0.114 e. The first-order valence-electron chi connectivity index (χ1n) is 10.3. The van der Waals surface area contributed by atoms with Crippen molar-refractivity contribution in [2.75, 3.05) is 13.1 Å². The zero-order chi connectivity index (χ0) is 20.4. The molecule has 1 saturated heterocycles. The van der Waals surface area contributed by atoms with Crippen LogP contribution in [0.4, 0.5) is 0 Å². The van der Waals surface area contributed by atoms with E-state index in [0.29, 0.717) is 0 Å². The SMILES string of the molecule is CC1(C)CC(=S)C(=C2N(Cc3ccccc3)CCN2Cc2ccccc2)C(=S)C1. The van der Waals surface area contributed by atoms with Gasteiger partial charge in [-0.15, -0.1) is 0 Å². The number of allylic oxidation sites excluding steroid dienone is 1. The molecule has 0 bridgehead atoms. The Kier molecular flexibility index (Phi) is 5.84. The van der Waals surface area contributed by atoms with Gasteiger partial charge in [-0.2, -0.15) is 0 Å². The highest BCUT2D eigenvalue weighted by atomic mass is 32.1. The quantitative estimate of drug-likeness (QED) is 0.457. The molecular formula is C25H28N2S2. The van der Waals surface area contributed by atoms with E-state index in [1.54, 1.807) is 0 Å². The van der Waals surface area contributed by atoms with Crippen molar-refractivity contribution < 1.29 is 0 Å². The van der Waals surface area contributed by atoms with Crippen molar-refractivity contribution in [3.8, 4) is 0 Å². The smallest absolute Gasteiger partial charge is 0.114 e. The summed E-state index contributed by atoms with van der Waals surface area (Å²) in [6.45, 7) is 8.31. The number of hydrogen-bond acceptors (Lipinski definition) is 4. The molecule has 0 spiro atoms. The van der Waals surface area contributed by atoms with Crippen molar-refractivity contribution in [1.29, 1.82) is 0 Å². The van der Waals surface area contributed by atoms with Crippen LogP contribution in [0.2, 0.25) is 0 Å². The molecule has 2 fully saturated rings. The molecule has 1 heterocycles. The predicted molar refractivity (Wildman–Crippen MR) is 129 cm³/mol. The Morgan fingerprint density at radius 1 is 0.724 bits per heavy atom. The lowest BCUT2D eigenvalue weighted by Crippen LogP contribution is -2.35. The number of nitrogens with zero attached hydrogens (tertiary/aromatic N) is 2. The van der Waals surface area contributed by atoms with Gasteiger partial charge in [0.1, 0.15) is 5.82 Å². The third kappa shape index (κ3) is 4.59. The van der Waals surface area contributed by atoms with Gasteiger partial charge in [-0.05, 0) is 29.4 Å². The Bertz CT molecular complexity index is 858.